The molecule has 33 heavy (non-hydrogen) atoms. The molecule has 0 aliphatic heterocycles. The molecule has 1 aromatic heterocycles. The molecule has 0 aliphatic rings. The molecule has 10 heteroatoms. The van der Waals surface area contributed by atoms with Crippen LogP contribution in [-0.4, -0.2) is 52.2 Å². The van der Waals surface area contributed by atoms with Crippen molar-refractivity contribution in [1.82, 2.24) is 25.5 Å². The fourth-order valence-corrected chi connectivity index (χ4v) is 3.09. The van der Waals surface area contributed by atoms with Gasteiger partial charge in [-0.1, -0.05) is 26.0 Å². The van der Waals surface area contributed by atoms with E-state index in [2.05, 4.69) is 34.6 Å². The maximum absolute atomic E-state index is 13.2. The minimum absolute atomic E-state index is 0.184. The third kappa shape index (κ3) is 6.58. The summed E-state index contributed by atoms with van der Waals surface area (Å²) in [5.41, 5.74) is 1.03. The molecular formula is C23H27FN6O3. The molecule has 0 atom stereocenters. The number of hydrogen-bond donors (Lipinski definition) is 1. The van der Waals surface area contributed by atoms with Gasteiger partial charge in [0.05, 0.1) is 12.8 Å². The highest BCUT2D eigenvalue weighted by Gasteiger charge is 2.23. The molecule has 0 spiro atoms. The van der Waals surface area contributed by atoms with E-state index in [1.165, 1.54) is 36.3 Å². The average molecular weight is 455 g/mol. The van der Waals surface area contributed by atoms with Gasteiger partial charge in [-0.05, 0) is 54.0 Å². The van der Waals surface area contributed by atoms with Gasteiger partial charge in [-0.15, -0.1) is 10.2 Å². The largest absolute Gasteiger partial charge is 0.495 e. The van der Waals surface area contributed by atoms with Crippen LogP contribution in [0.1, 0.15) is 20.3 Å². The Morgan fingerprint density at radius 3 is 2.58 bits per heavy atom. The zero-order chi connectivity index (χ0) is 23.8. The molecule has 0 saturated carbocycles. The highest BCUT2D eigenvalue weighted by molar-refractivity contribution is 5.99. The molecular weight excluding hydrogens is 427 g/mol. The number of benzene rings is 2. The van der Waals surface area contributed by atoms with Crippen molar-refractivity contribution in [3.8, 4) is 17.1 Å². The number of para-hydroxylation sites is 2. The van der Waals surface area contributed by atoms with E-state index in [1.807, 2.05) is 0 Å². The lowest BCUT2D eigenvalue weighted by Gasteiger charge is -2.24. The van der Waals surface area contributed by atoms with Crippen LogP contribution < -0.4 is 15.0 Å². The minimum atomic E-state index is -0.415. The van der Waals surface area contributed by atoms with Gasteiger partial charge in [-0.3, -0.25) is 14.5 Å². The third-order valence-electron chi connectivity index (χ3n) is 4.85. The molecule has 3 rings (SSSR count). The lowest BCUT2D eigenvalue weighted by Crippen LogP contribution is -2.43. The molecule has 0 radical (unpaired) electrons. The summed E-state index contributed by atoms with van der Waals surface area (Å²) in [5, 5.41) is 14.9. The maximum Gasteiger partial charge on any atom is 0.251 e. The number of aromatic nitrogens is 4. The van der Waals surface area contributed by atoms with Crippen LogP contribution in [0.5, 0.6) is 5.75 Å². The quantitative estimate of drug-likeness (QED) is 0.505. The first-order valence-corrected chi connectivity index (χ1v) is 10.6. The number of nitrogens with zero attached hydrogens (tertiary/aromatic N) is 5. The number of amides is 2. The number of nitrogens with one attached hydrogen (secondary N) is 1. The Morgan fingerprint density at radius 1 is 1.15 bits per heavy atom. The van der Waals surface area contributed by atoms with Gasteiger partial charge in [0, 0.05) is 12.1 Å². The molecule has 2 amide bonds. The van der Waals surface area contributed by atoms with Gasteiger partial charge in [0.25, 0.3) is 5.91 Å². The van der Waals surface area contributed by atoms with Crippen molar-refractivity contribution in [2.75, 3.05) is 25.1 Å². The fraction of sp³-hybridized carbons (Fsp3) is 0.348. The second-order valence-corrected chi connectivity index (χ2v) is 7.83. The molecule has 0 unspecified atom stereocenters. The first kappa shape index (κ1) is 23.8. The number of carbonyl (C=O) groups excluding carboxylic acids is 2. The predicted octanol–water partition coefficient (Wildman–Crippen LogP) is 2.68. The van der Waals surface area contributed by atoms with Crippen molar-refractivity contribution < 1.29 is 18.7 Å². The average Bonchev–Trinajstić information content (AvgIpc) is 3.26. The van der Waals surface area contributed by atoms with E-state index in [0.717, 1.165) is 11.2 Å². The number of tetrazole rings is 1. The van der Waals surface area contributed by atoms with Crippen LogP contribution >= 0.6 is 0 Å². The van der Waals surface area contributed by atoms with Crippen molar-refractivity contribution in [3.63, 3.8) is 0 Å². The van der Waals surface area contributed by atoms with Crippen molar-refractivity contribution in [3.05, 3.63) is 54.3 Å². The van der Waals surface area contributed by atoms with Crippen LogP contribution in [0.4, 0.5) is 10.1 Å². The van der Waals surface area contributed by atoms with Gasteiger partial charge >= 0.3 is 0 Å². The lowest BCUT2D eigenvalue weighted by atomic mass is 10.1. The summed E-state index contributed by atoms with van der Waals surface area (Å²) in [4.78, 5) is 28.2. The molecule has 0 fully saturated rings. The molecule has 0 aliphatic carbocycles. The summed E-state index contributed by atoms with van der Waals surface area (Å²) in [6.45, 7) is 4.24. The van der Waals surface area contributed by atoms with Crippen LogP contribution in [-0.2, 0) is 16.1 Å². The Labute approximate surface area is 191 Å². The second-order valence-electron chi connectivity index (χ2n) is 7.83. The Hall–Kier alpha value is -3.82. The van der Waals surface area contributed by atoms with E-state index >= 15 is 0 Å². The van der Waals surface area contributed by atoms with Crippen molar-refractivity contribution in [1.29, 1.82) is 0 Å². The van der Waals surface area contributed by atoms with Gasteiger partial charge < -0.3 is 10.1 Å². The first-order valence-electron chi connectivity index (χ1n) is 10.6. The van der Waals surface area contributed by atoms with Gasteiger partial charge in [0.2, 0.25) is 11.7 Å². The Morgan fingerprint density at radius 2 is 1.88 bits per heavy atom. The third-order valence-corrected chi connectivity index (χ3v) is 4.85. The summed E-state index contributed by atoms with van der Waals surface area (Å²) in [6.07, 6.45) is 0.837. The van der Waals surface area contributed by atoms with Crippen LogP contribution in [0.2, 0.25) is 0 Å². The SMILES string of the molecule is COc1ccccc1N(CC(=O)NCCC(C)C)C(=O)Cn1nnc(-c2ccc(F)cc2)n1. The van der Waals surface area contributed by atoms with Gasteiger partial charge in [0.15, 0.2) is 0 Å². The summed E-state index contributed by atoms with van der Waals surface area (Å²) in [7, 11) is 1.50. The highest BCUT2D eigenvalue weighted by atomic mass is 19.1. The predicted molar refractivity (Wildman–Crippen MR) is 121 cm³/mol. The Balaban J connectivity index is 1.77. The summed E-state index contributed by atoms with van der Waals surface area (Å²) >= 11 is 0. The minimum Gasteiger partial charge on any atom is -0.495 e. The lowest BCUT2D eigenvalue weighted by molar-refractivity contribution is -0.124. The molecule has 0 saturated heterocycles. The summed E-state index contributed by atoms with van der Waals surface area (Å²) in [5.74, 6) is 0.0962. The van der Waals surface area contributed by atoms with E-state index in [9.17, 15) is 14.0 Å². The summed E-state index contributed by atoms with van der Waals surface area (Å²) in [6, 6.07) is 12.6. The first-order chi connectivity index (χ1) is 15.9. The zero-order valence-corrected chi connectivity index (χ0v) is 18.9. The number of ether oxygens (including phenoxy) is 1. The molecule has 1 heterocycles. The van der Waals surface area contributed by atoms with Crippen molar-refractivity contribution in [2.45, 2.75) is 26.8 Å². The van der Waals surface area contributed by atoms with Crippen LogP contribution in [0.3, 0.4) is 0 Å². The monoisotopic (exact) mass is 454 g/mol. The van der Waals surface area contributed by atoms with Gasteiger partial charge in [-0.2, -0.15) is 4.80 Å². The Kier molecular flexibility index (Phi) is 8.06. The number of carbonyl (C=O) groups is 2. The molecule has 2 aromatic carbocycles. The molecule has 174 valence electrons. The number of hydrogen-bond acceptors (Lipinski definition) is 6. The second kappa shape index (κ2) is 11.2. The fourth-order valence-electron chi connectivity index (χ4n) is 3.09. The Bertz CT molecular complexity index is 1080. The van der Waals surface area contributed by atoms with E-state index in [4.69, 9.17) is 4.74 Å². The maximum atomic E-state index is 13.2. The van der Waals surface area contributed by atoms with Crippen LogP contribution in [0, 0.1) is 11.7 Å². The number of methoxy groups -OCH3 is 1. The topological polar surface area (TPSA) is 102 Å². The van der Waals surface area contributed by atoms with E-state index in [-0.39, 0.29) is 30.6 Å². The standard InChI is InChI=1S/C23H27FN6O3/c1-16(2)12-13-25-21(31)14-29(19-6-4-5-7-20(19)33-3)22(32)15-30-27-23(26-28-30)17-8-10-18(24)11-9-17/h4-11,16H,12-15H2,1-3H3,(H,25,31). The number of anilines is 1. The smallest absolute Gasteiger partial charge is 0.251 e. The molecule has 3 aromatic rings. The summed E-state index contributed by atoms with van der Waals surface area (Å²) < 4.78 is 18.5. The molecule has 0 bridgehead atoms. The molecule has 1 N–H and O–H groups in total. The van der Waals surface area contributed by atoms with Crippen molar-refractivity contribution >= 4 is 17.5 Å². The van der Waals surface area contributed by atoms with E-state index < -0.39 is 5.91 Å². The van der Waals surface area contributed by atoms with Crippen LogP contribution in [0.25, 0.3) is 11.4 Å². The number of halogens is 1. The van der Waals surface area contributed by atoms with E-state index in [0.29, 0.717) is 29.5 Å². The van der Waals surface area contributed by atoms with Gasteiger partial charge in [-0.25, -0.2) is 4.39 Å². The molecule has 9 nitrogen and oxygen atoms in total. The van der Waals surface area contributed by atoms with E-state index in [1.54, 1.807) is 24.3 Å². The normalized spacial score (nSPS) is 10.8. The van der Waals surface area contributed by atoms with Crippen LogP contribution in [0.15, 0.2) is 48.5 Å². The highest BCUT2D eigenvalue weighted by Crippen LogP contribution is 2.28. The number of rotatable bonds is 10. The van der Waals surface area contributed by atoms with Crippen molar-refractivity contribution in [2.24, 2.45) is 5.92 Å². The van der Waals surface area contributed by atoms with Gasteiger partial charge in [0.1, 0.15) is 24.7 Å². The zero-order valence-electron chi connectivity index (χ0n) is 18.9.